The molecule has 2 aromatic rings. The molecule has 1 aliphatic heterocycles. The molecule has 2 aromatic carbocycles. The summed E-state index contributed by atoms with van der Waals surface area (Å²) in [6.45, 7) is 0.159. The monoisotopic (exact) mass is 386 g/mol. The van der Waals surface area contributed by atoms with E-state index in [1.54, 1.807) is 11.2 Å². The van der Waals surface area contributed by atoms with Crippen LogP contribution in [0.5, 0.6) is 0 Å². The maximum Gasteiger partial charge on any atom is 0.338 e. The zero-order chi connectivity index (χ0) is 19.4. The van der Waals surface area contributed by atoms with E-state index in [-0.39, 0.29) is 17.2 Å². The number of fused-ring (bicyclic) bond motifs is 1. The molecule has 0 spiro atoms. The van der Waals surface area contributed by atoms with Gasteiger partial charge in [0.25, 0.3) is 11.6 Å². The van der Waals surface area contributed by atoms with Gasteiger partial charge in [-0.15, -0.1) is 11.8 Å². The van der Waals surface area contributed by atoms with Gasteiger partial charge < -0.3 is 9.64 Å². The summed E-state index contributed by atoms with van der Waals surface area (Å²) in [4.78, 5) is 37.4. The van der Waals surface area contributed by atoms with Crippen LogP contribution in [0.2, 0.25) is 0 Å². The molecule has 0 fully saturated rings. The van der Waals surface area contributed by atoms with Crippen molar-refractivity contribution in [1.82, 2.24) is 0 Å². The highest BCUT2D eigenvalue weighted by atomic mass is 32.2. The van der Waals surface area contributed by atoms with Crippen LogP contribution in [-0.2, 0) is 16.0 Å². The second-order valence-corrected chi connectivity index (χ2v) is 6.85. The second kappa shape index (κ2) is 8.22. The van der Waals surface area contributed by atoms with Crippen LogP contribution in [0.3, 0.4) is 0 Å². The molecule has 27 heavy (non-hydrogen) atoms. The summed E-state index contributed by atoms with van der Waals surface area (Å²) in [5, 5.41) is 11.1. The number of hydrogen-bond donors (Lipinski definition) is 0. The number of esters is 1. The molecule has 8 heteroatoms. The van der Waals surface area contributed by atoms with Crippen molar-refractivity contribution in [2.45, 2.75) is 17.7 Å². The van der Waals surface area contributed by atoms with E-state index >= 15 is 0 Å². The lowest BCUT2D eigenvalue weighted by Crippen LogP contribution is -2.38. The lowest BCUT2D eigenvalue weighted by atomic mass is 10.0. The Labute approximate surface area is 160 Å². The highest BCUT2D eigenvalue weighted by molar-refractivity contribution is 7.98. The highest BCUT2D eigenvalue weighted by Crippen LogP contribution is 2.29. The van der Waals surface area contributed by atoms with Gasteiger partial charge in [-0.05, 0) is 42.9 Å². The van der Waals surface area contributed by atoms with Crippen molar-refractivity contribution >= 4 is 35.0 Å². The van der Waals surface area contributed by atoms with Gasteiger partial charge in [0, 0.05) is 18.3 Å². The topological polar surface area (TPSA) is 89.8 Å². The number of carbonyl (C=O) groups is 2. The van der Waals surface area contributed by atoms with Gasteiger partial charge in [0.2, 0.25) is 0 Å². The van der Waals surface area contributed by atoms with E-state index in [0.717, 1.165) is 24.1 Å². The predicted octanol–water partition coefficient (Wildman–Crippen LogP) is 3.45. The molecule has 0 N–H and O–H groups in total. The second-order valence-electron chi connectivity index (χ2n) is 6.00. The van der Waals surface area contributed by atoms with Crippen LogP contribution in [-0.4, -0.2) is 36.2 Å². The number of carbonyl (C=O) groups excluding carboxylic acids is 2. The van der Waals surface area contributed by atoms with E-state index in [1.165, 1.54) is 30.0 Å². The molecule has 0 aromatic heterocycles. The molecule has 7 nitrogen and oxygen atoms in total. The fraction of sp³-hybridized carbons (Fsp3) is 0.263. The summed E-state index contributed by atoms with van der Waals surface area (Å²) in [6, 6.07) is 11.8. The third-order valence-corrected chi connectivity index (χ3v) is 5.13. The van der Waals surface area contributed by atoms with Crippen LogP contribution in [0.25, 0.3) is 0 Å². The molecule has 1 heterocycles. The predicted molar refractivity (Wildman–Crippen MR) is 102 cm³/mol. The third-order valence-electron chi connectivity index (χ3n) is 4.35. The zero-order valence-corrected chi connectivity index (χ0v) is 15.5. The minimum absolute atomic E-state index is 0.0475. The van der Waals surface area contributed by atoms with Crippen molar-refractivity contribution in [2.75, 3.05) is 24.3 Å². The lowest BCUT2D eigenvalue weighted by Gasteiger charge is -2.29. The SMILES string of the molecule is CSc1ccc(C(=O)OCC(=O)N2CCCc3ccccc32)cc1[N+](=O)[O-]. The Bertz CT molecular complexity index is 899. The Kier molecular flexibility index (Phi) is 5.75. The maximum absolute atomic E-state index is 12.5. The Balaban J connectivity index is 1.69. The van der Waals surface area contributed by atoms with Crippen molar-refractivity contribution in [1.29, 1.82) is 0 Å². The van der Waals surface area contributed by atoms with Crippen molar-refractivity contribution < 1.29 is 19.2 Å². The Morgan fingerprint density at radius 1 is 1.26 bits per heavy atom. The molecule has 3 rings (SSSR count). The molecule has 0 bridgehead atoms. The average molecular weight is 386 g/mol. The minimum Gasteiger partial charge on any atom is -0.452 e. The largest absolute Gasteiger partial charge is 0.452 e. The number of amides is 1. The first kappa shape index (κ1) is 18.9. The Hall–Kier alpha value is -2.87. The summed E-state index contributed by atoms with van der Waals surface area (Å²) in [5.74, 6) is -1.07. The maximum atomic E-state index is 12.5. The van der Waals surface area contributed by atoms with E-state index in [1.807, 2.05) is 24.3 Å². The van der Waals surface area contributed by atoms with Gasteiger partial charge in [-0.3, -0.25) is 14.9 Å². The standard InChI is InChI=1S/C19H18N2O5S/c1-27-17-9-8-14(11-16(17)21(24)25)19(23)26-12-18(22)20-10-4-6-13-5-2-3-7-15(13)20/h2-3,5,7-9,11H,4,6,10,12H2,1H3. The van der Waals surface area contributed by atoms with Crippen LogP contribution < -0.4 is 4.90 Å². The average Bonchev–Trinajstić information content (AvgIpc) is 2.70. The molecule has 0 saturated carbocycles. The lowest BCUT2D eigenvalue weighted by molar-refractivity contribution is -0.387. The Morgan fingerprint density at radius 2 is 2.04 bits per heavy atom. The van der Waals surface area contributed by atoms with Crippen LogP contribution in [0.1, 0.15) is 22.3 Å². The van der Waals surface area contributed by atoms with Gasteiger partial charge in [0.1, 0.15) is 0 Å². The van der Waals surface area contributed by atoms with Gasteiger partial charge in [0.05, 0.1) is 15.4 Å². The number of nitrogens with zero attached hydrogens (tertiary/aromatic N) is 2. The first-order valence-electron chi connectivity index (χ1n) is 8.39. The number of benzene rings is 2. The first-order chi connectivity index (χ1) is 13.0. The number of aryl methyl sites for hydroxylation is 1. The van der Waals surface area contributed by atoms with E-state index in [2.05, 4.69) is 0 Å². The van der Waals surface area contributed by atoms with Gasteiger partial charge in [-0.2, -0.15) is 0 Å². The summed E-state index contributed by atoms with van der Waals surface area (Å²) in [5.41, 5.74) is 1.82. The molecule has 0 saturated heterocycles. The number of nitro groups is 1. The molecule has 1 aliphatic rings. The smallest absolute Gasteiger partial charge is 0.338 e. The number of thioether (sulfide) groups is 1. The van der Waals surface area contributed by atoms with Crippen molar-refractivity contribution in [3.63, 3.8) is 0 Å². The molecule has 0 aliphatic carbocycles. The van der Waals surface area contributed by atoms with Crippen molar-refractivity contribution in [2.24, 2.45) is 0 Å². The number of rotatable bonds is 5. The van der Waals surface area contributed by atoms with E-state index in [0.29, 0.717) is 11.4 Å². The molecule has 0 radical (unpaired) electrons. The van der Waals surface area contributed by atoms with Crippen molar-refractivity contribution in [3.05, 3.63) is 63.7 Å². The summed E-state index contributed by atoms with van der Waals surface area (Å²) >= 11 is 1.22. The highest BCUT2D eigenvalue weighted by Gasteiger charge is 2.24. The summed E-state index contributed by atoms with van der Waals surface area (Å²) in [6.07, 6.45) is 3.47. The number of anilines is 1. The number of nitro benzene ring substituents is 1. The molecule has 0 unspecified atom stereocenters. The molecule has 1 amide bonds. The van der Waals surface area contributed by atoms with Crippen LogP contribution in [0.4, 0.5) is 11.4 Å². The van der Waals surface area contributed by atoms with E-state index in [4.69, 9.17) is 4.74 Å². The number of para-hydroxylation sites is 1. The van der Waals surface area contributed by atoms with Crippen LogP contribution in [0.15, 0.2) is 47.4 Å². The van der Waals surface area contributed by atoms with E-state index < -0.39 is 17.5 Å². The molecule has 0 atom stereocenters. The van der Waals surface area contributed by atoms with E-state index in [9.17, 15) is 19.7 Å². The number of hydrogen-bond acceptors (Lipinski definition) is 6. The van der Waals surface area contributed by atoms with Gasteiger partial charge in [0.15, 0.2) is 6.61 Å². The summed E-state index contributed by atoms with van der Waals surface area (Å²) < 4.78 is 5.11. The van der Waals surface area contributed by atoms with Gasteiger partial charge in [-0.1, -0.05) is 18.2 Å². The van der Waals surface area contributed by atoms with Gasteiger partial charge in [-0.25, -0.2) is 4.79 Å². The summed E-state index contributed by atoms with van der Waals surface area (Å²) in [7, 11) is 0. The van der Waals surface area contributed by atoms with Crippen molar-refractivity contribution in [3.8, 4) is 0 Å². The Morgan fingerprint density at radius 3 is 2.78 bits per heavy atom. The minimum atomic E-state index is -0.760. The van der Waals surface area contributed by atoms with Crippen LogP contribution in [0, 0.1) is 10.1 Å². The quantitative estimate of drug-likeness (QED) is 0.338. The van der Waals surface area contributed by atoms with Crippen LogP contribution >= 0.6 is 11.8 Å². The molecular weight excluding hydrogens is 368 g/mol. The fourth-order valence-corrected chi connectivity index (χ4v) is 3.59. The van der Waals surface area contributed by atoms with Gasteiger partial charge >= 0.3 is 5.97 Å². The molecule has 140 valence electrons. The fourth-order valence-electron chi connectivity index (χ4n) is 3.04. The molecular formula is C19H18N2O5S. The zero-order valence-electron chi connectivity index (χ0n) is 14.7. The first-order valence-corrected chi connectivity index (χ1v) is 9.61. The third kappa shape index (κ3) is 4.11. The number of ether oxygens (including phenoxy) is 1. The normalized spacial score (nSPS) is 13.0.